The number of carbonyl (C=O) groups is 1. The molecule has 0 bridgehead atoms. The van der Waals surface area contributed by atoms with Gasteiger partial charge >= 0.3 is 0 Å². The van der Waals surface area contributed by atoms with Crippen molar-refractivity contribution < 1.29 is 14.6 Å². The lowest BCUT2D eigenvalue weighted by Crippen LogP contribution is -2.49. The normalized spacial score (nSPS) is 24.9. The Labute approximate surface area is 132 Å². The van der Waals surface area contributed by atoms with Crippen molar-refractivity contribution in [2.45, 2.75) is 25.4 Å². The number of likely N-dealkylation sites (tertiary alicyclic amines) is 1. The lowest BCUT2D eigenvalue weighted by atomic mass is 9.94. The highest BCUT2D eigenvalue weighted by Gasteiger charge is 2.32. The third-order valence-electron chi connectivity index (χ3n) is 3.92. The van der Waals surface area contributed by atoms with Crippen LogP contribution >= 0.6 is 15.9 Å². The molecule has 1 atom stereocenters. The van der Waals surface area contributed by atoms with E-state index in [2.05, 4.69) is 15.9 Å². The van der Waals surface area contributed by atoms with Gasteiger partial charge in [-0.15, -0.1) is 0 Å². The van der Waals surface area contributed by atoms with Gasteiger partial charge in [0.1, 0.15) is 12.4 Å². The molecule has 1 amide bonds. The van der Waals surface area contributed by atoms with Crippen LogP contribution in [0.15, 0.2) is 28.2 Å². The van der Waals surface area contributed by atoms with Crippen LogP contribution in [0.25, 0.3) is 6.08 Å². The van der Waals surface area contributed by atoms with Crippen LogP contribution in [0.1, 0.15) is 25.3 Å². The molecule has 0 aromatic heterocycles. The van der Waals surface area contributed by atoms with Gasteiger partial charge in [-0.05, 0) is 44.0 Å². The maximum absolute atomic E-state index is 12.6. The van der Waals surface area contributed by atoms with Gasteiger partial charge < -0.3 is 14.7 Å². The second-order valence-electron chi connectivity index (χ2n) is 5.97. The number of nitrogens with zero attached hydrogens (tertiary/aromatic N) is 1. The molecule has 0 radical (unpaired) electrons. The summed E-state index contributed by atoms with van der Waals surface area (Å²) in [6.07, 6.45) is 3.45. The van der Waals surface area contributed by atoms with Gasteiger partial charge in [0, 0.05) is 23.1 Å². The van der Waals surface area contributed by atoms with Crippen molar-refractivity contribution in [3.63, 3.8) is 0 Å². The van der Waals surface area contributed by atoms with E-state index in [1.54, 1.807) is 11.8 Å². The molecule has 0 aliphatic carbocycles. The Hall–Kier alpha value is -1.33. The zero-order valence-corrected chi connectivity index (χ0v) is 13.5. The number of β-amino-alcohol motifs (C(OH)–C–C–N with tert-alkyl or cyclic N) is 1. The van der Waals surface area contributed by atoms with Gasteiger partial charge in [-0.2, -0.15) is 0 Å². The zero-order valence-electron chi connectivity index (χ0n) is 11.9. The highest BCUT2D eigenvalue weighted by molar-refractivity contribution is 9.10. The highest BCUT2D eigenvalue weighted by Crippen LogP contribution is 2.30. The van der Waals surface area contributed by atoms with Crippen LogP contribution < -0.4 is 4.74 Å². The van der Waals surface area contributed by atoms with Crippen LogP contribution in [-0.2, 0) is 4.79 Å². The molecule has 2 heterocycles. The van der Waals surface area contributed by atoms with Gasteiger partial charge in [-0.25, -0.2) is 0 Å². The molecule has 21 heavy (non-hydrogen) atoms. The molecular weight excluding hydrogens is 334 g/mol. The highest BCUT2D eigenvalue weighted by atomic mass is 79.9. The lowest BCUT2D eigenvalue weighted by molar-refractivity contribution is -0.133. The molecule has 1 aromatic carbocycles. The number of halogens is 1. The van der Waals surface area contributed by atoms with Crippen molar-refractivity contribution in [3.8, 4) is 5.75 Å². The molecule has 1 N–H and O–H groups in total. The Morgan fingerprint density at radius 3 is 3.05 bits per heavy atom. The first-order chi connectivity index (χ1) is 9.94. The number of amides is 1. The monoisotopic (exact) mass is 351 g/mol. The van der Waals surface area contributed by atoms with E-state index >= 15 is 0 Å². The van der Waals surface area contributed by atoms with Crippen molar-refractivity contribution in [2.75, 3.05) is 19.7 Å². The van der Waals surface area contributed by atoms with Gasteiger partial charge in [0.2, 0.25) is 0 Å². The number of ether oxygens (including phenoxy) is 1. The lowest BCUT2D eigenvalue weighted by Gasteiger charge is -2.37. The number of piperidine rings is 1. The molecule has 3 rings (SSSR count). The minimum absolute atomic E-state index is 0.0411. The van der Waals surface area contributed by atoms with Gasteiger partial charge in [0.05, 0.1) is 11.2 Å². The number of carbonyl (C=O) groups excluding carboxylic acids is 1. The summed E-state index contributed by atoms with van der Waals surface area (Å²) >= 11 is 3.43. The van der Waals surface area contributed by atoms with Crippen LogP contribution in [0.3, 0.4) is 0 Å². The average Bonchev–Trinajstić information content (AvgIpc) is 2.44. The first kappa shape index (κ1) is 14.6. The molecule has 0 spiro atoms. The summed E-state index contributed by atoms with van der Waals surface area (Å²) in [5.41, 5.74) is 0.756. The molecule has 0 saturated carbocycles. The van der Waals surface area contributed by atoms with E-state index in [4.69, 9.17) is 4.74 Å². The van der Waals surface area contributed by atoms with E-state index in [1.807, 2.05) is 24.3 Å². The van der Waals surface area contributed by atoms with Crippen LogP contribution in [0.4, 0.5) is 0 Å². The summed E-state index contributed by atoms with van der Waals surface area (Å²) < 4.78 is 6.61. The van der Waals surface area contributed by atoms with Crippen molar-refractivity contribution in [1.29, 1.82) is 0 Å². The topological polar surface area (TPSA) is 49.8 Å². The fraction of sp³-hybridized carbons (Fsp3) is 0.438. The van der Waals surface area contributed by atoms with E-state index in [0.29, 0.717) is 18.7 Å². The molecule has 2 aliphatic rings. The van der Waals surface area contributed by atoms with Crippen LogP contribution in [0.5, 0.6) is 5.75 Å². The minimum Gasteiger partial charge on any atom is -0.488 e. The minimum atomic E-state index is -0.787. The predicted octanol–water partition coefficient (Wildman–Crippen LogP) is 2.60. The van der Waals surface area contributed by atoms with E-state index in [-0.39, 0.29) is 12.5 Å². The molecular formula is C16H18BrNO3. The molecule has 2 aliphatic heterocycles. The van der Waals surface area contributed by atoms with Gasteiger partial charge in [-0.3, -0.25) is 4.79 Å². The fourth-order valence-corrected chi connectivity index (χ4v) is 3.25. The molecule has 4 nitrogen and oxygen atoms in total. The number of benzene rings is 1. The third kappa shape index (κ3) is 3.14. The fourth-order valence-electron chi connectivity index (χ4n) is 2.87. The summed E-state index contributed by atoms with van der Waals surface area (Å²) in [5, 5.41) is 10.1. The molecule has 1 fully saturated rings. The van der Waals surface area contributed by atoms with Crippen LogP contribution in [0.2, 0.25) is 0 Å². The molecule has 1 aromatic rings. The average molecular weight is 352 g/mol. The Morgan fingerprint density at radius 2 is 2.29 bits per heavy atom. The number of rotatable bonds is 1. The van der Waals surface area contributed by atoms with E-state index in [1.165, 1.54) is 0 Å². The van der Waals surface area contributed by atoms with Gasteiger partial charge in [0.15, 0.2) is 0 Å². The first-order valence-corrected chi connectivity index (χ1v) is 7.88. The number of hydrogen-bond acceptors (Lipinski definition) is 3. The Kier molecular flexibility index (Phi) is 3.80. The molecule has 1 unspecified atom stereocenters. The summed E-state index contributed by atoms with van der Waals surface area (Å²) in [7, 11) is 0. The van der Waals surface area contributed by atoms with Crippen molar-refractivity contribution in [3.05, 3.63) is 33.8 Å². The predicted molar refractivity (Wildman–Crippen MR) is 84.1 cm³/mol. The molecule has 112 valence electrons. The molecule has 1 saturated heterocycles. The summed E-state index contributed by atoms with van der Waals surface area (Å²) in [6.45, 7) is 3.14. The second kappa shape index (κ2) is 5.46. The third-order valence-corrected chi connectivity index (χ3v) is 4.41. The Morgan fingerprint density at radius 1 is 1.48 bits per heavy atom. The SMILES string of the molecule is CC1(O)CCCN(C(=O)C2=Cc3cc(Br)ccc3OC2)C1. The van der Waals surface area contributed by atoms with Crippen molar-refractivity contribution in [1.82, 2.24) is 4.90 Å². The second-order valence-corrected chi connectivity index (χ2v) is 6.88. The maximum Gasteiger partial charge on any atom is 0.253 e. The quantitative estimate of drug-likeness (QED) is 0.845. The number of hydrogen-bond donors (Lipinski definition) is 1. The zero-order chi connectivity index (χ0) is 15.0. The number of fused-ring (bicyclic) bond motifs is 1. The van der Waals surface area contributed by atoms with Crippen molar-refractivity contribution >= 4 is 27.9 Å². The van der Waals surface area contributed by atoms with E-state index in [9.17, 15) is 9.90 Å². The van der Waals surface area contributed by atoms with Gasteiger partial charge in [-0.1, -0.05) is 15.9 Å². The van der Waals surface area contributed by atoms with Gasteiger partial charge in [0.25, 0.3) is 5.91 Å². The summed E-state index contributed by atoms with van der Waals surface area (Å²) in [5.74, 6) is 0.751. The van der Waals surface area contributed by atoms with Crippen LogP contribution in [0, 0.1) is 0 Å². The molecule has 5 heteroatoms. The standard InChI is InChI=1S/C16H18BrNO3/c1-16(20)5-2-6-18(10-16)15(19)12-7-11-8-13(17)3-4-14(11)21-9-12/h3-4,7-8,20H,2,5-6,9-10H2,1H3. The maximum atomic E-state index is 12.6. The smallest absolute Gasteiger partial charge is 0.253 e. The van der Waals surface area contributed by atoms with Crippen LogP contribution in [-0.4, -0.2) is 41.2 Å². The summed E-state index contributed by atoms with van der Waals surface area (Å²) in [4.78, 5) is 14.3. The Bertz CT molecular complexity index is 610. The summed E-state index contributed by atoms with van der Waals surface area (Å²) in [6, 6.07) is 5.75. The Balaban J connectivity index is 1.82. The largest absolute Gasteiger partial charge is 0.488 e. The first-order valence-electron chi connectivity index (χ1n) is 7.09. The van der Waals surface area contributed by atoms with E-state index in [0.717, 1.165) is 28.6 Å². The van der Waals surface area contributed by atoms with E-state index < -0.39 is 5.60 Å². The van der Waals surface area contributed by atoms with Crippen molar-refractivity contribution in [2.24, 2.45) is 0 Å². The number of aliphatic hydroxyl groups is 1.